The third-order valence-corrected chi connectivity index (χ3v) is 2.71. The van der Waals surface area contributed by atoms with Gasteiger partial charge in [0.05, 0.1) is 6.54 Å². The van der Waals surface area contributed by atoms with Gasteiger partial charge in [-0.3, -0.25) is 4.99 Å². The molecule has 1 aromatic rings. The van der Waals surface area contributed by atoms with E-state index in [1.54, 1.807) is 0 Å². The number of hydrogen-bond donors (Lipinski definition) is 2. The van der Waals surface area contributed by atoms with E-state index in [9.17, 15) is 0 Å². The van der Waals surface area contributed by atoms with Crippen molar-refractivity contribution in [3.8, 4) is 5.75 Å². The largest absolute Gasteiger partial charge is 0.482 e. The van der Waals surface area contributed by atoms with Crippen LogP contribution in [0.5, 0.6) is 5.75 Å². The lowest BCUT2D eigenvalue weighted by Gasteiger charge is -2.17. The number of aliphatic imine (C=N–C) groups is 1. The summed E-state index contributed by atoms with van der Waals surface area (Å²) >= 11 is 0. The van der Waals surface area contributed by atoms with E-state index >= 15 is 0 Å². The molecule has 3 N–H and O–H groups in total. The van der Waals surface area contributed by atoms with Crippen LogP contribution in [0.1, 0.15) is 12.5 Å². The number of amidine groups is 1. The van der Waals surface area contributed by atoms with Gasteiger partial charge in [0.25, 0.3) is 0 Å². The molecule has 0 saturated carbocycles. The van der Waals surface area contributed by atoms with Gasteiger partial charge in [0, 0.05) is 17.8 Å². The maximum atomic E-state index is 5.84. The summed E-state index contributed by atoms with van der Waals surface area (Å²) in [6.07, 6.45) is -0.0528. The average molecular weight is 219 g/mol. The zero-order valence-electron chi connectivity index (χ0n) is 9.66. The molecule has 0 fully saturated rings. The Kier molecular flexibility index (Phi) is 2.99. The Morgan fingerprint density at radius 2 is 2.31 bits per heavy atom. The predicted octanol–water partition coefficient (Wildman–Crippen LogP) is 1.35. The quantitative estimate of drug-likeness (QED) is 0.754. The average Bonchev–Trinajstić information content (AvgIpc) is 2.78. The number of nitrogens with zero attached hydrogens (tertiary/aromatic N) is 1. The van der Waals surface area contributed by atoms with Gasteiger partial charge < -0.3 is 15.8 Å². The third-order valence-electron chi connectivity index (χ3n) is 2.71. The van der Waals surface area contributed by atoms with Crippen LogP contribution < -0.4 is 15.8 Å². The first kappa shape index (κ1) is 10.8. The third kappa shape index (κ3) is 2.10. The second kappa shape index (κ2) is 4.43. The fourth-order valence-corrected chi connectivity index (χ4v) is 1.69. The van der Waals surface area contributed by atoms with Gasteiger partial charge in [-0.05, 0) is 26.0 Å². The number of benzene rings is 1. The summed E-state index contributed by atoms with van der Waals surface area (Å²) in [5.74, 6) is 1.74. The van der Waals surface area contributed by atoms with E-state index in [0.717, 1.165) is 35.9 Å². The fourth-order valence-electron chi connectivity index (χ4n) is 1.69. The summed E-state index contributed by atoms with van der Waals surface area (Å²) < 4.78 is 5.84. The summed E-state index contributed by atoms with van der Waals surface area (Å²) in [6, 6.07) is 5.70. The molecule has 0 spiro atoms. The fraction of sp³-hybridized carbons (Fsp3) is 0.417. The molecule has 1 aliphatic heterocycles. The van der Waals surface area contributed by atoms with Gasteiger partial charge in [-0.15, -0.1) is 0 Å². The van der Waals surface area contributed by atoms with Gasteiger partial charge >= 0.3 is 0 Å². The lowest BCUT2D eigenvalue weighted by atomic mass is 10.2. The van der Waals surface area contributed by atoms with E-state index in [2.05, 4.69) is 10.3 Å². The molecular formula is C12H17N3O. The molecular weight excluding hydrogens is 202 g/mol. The Morgan fingerprint density at radius 3 is 3.00 bits per heavy atom. The van der Waals surface area contributed by atoms with E-state index in [0.29, 0.717) is 0 Å². The van der Waals surface area contributed by atoms with Crippen LogP contribution >= 0.6 is 0 Å². The lowest BCUT2D eigenvalue weighted by Crippen LogP contribution is -2.33. The molecule has 2 rings (SSSR count). The zero-order valence-corrected chi connectivity index (χ0v) is 9.66. The topological polar surface area (TPSA) is 59.6 Å². The summed E-state index contributed by atoms with van der Waals surface area (Å²) in [5, 5.41) is 3.20. The van der Waals surface area contributed by atoms with Crippen LogP contribution in [-0.4, -0.2) is 25.0 Å². The van der Waals surface area contributed by atoms with Crippen molar-refractivity contribution in [2.24, 2.45) is 4.99 Å². The highest BCUT2D eigenvalue weighted by Crippen LogP contribution is 2.24. The summed E-state index contributed by atoms with van der Waals surface area (Å²) in [4.78, 5) is 4.33. The number of nitrogen functional groups attached to an aromatic ring is 1. The molecule has 1 aromatic carbocycles. The van der Waals surface area contributed by atoms with E-state index in [1.165, 1.54) is 0 Å². The summed E-state index contributed by atoms with van der Waals surface area (Å²) in [7, 11) is 0. The van der Waals surface area contributed by atoms with Crippen LogP contribution in [0.4, 0.5) is 5.69 Å². The van der Waals surface area contributed by atoms with E-state index < -0.39 is 0 Å². The molecule has 16 heavy (non-hydrogen) atoms. The van der Waals surface area contributed by atoms with Gasteiger partial charge in [-0.2, -0.15) is 0 Å². The molecule has 0 saturated heterocycles. The van der Waals surface area contributed by atoms with Crippen molar-refractivity contribution in [2.45, 2.75) is 20.0 Å². The molecule has 1 aliphatic rings. The van der Waals surface area contributed by atoms with Crippen LogP contribution in [0.15, 0.2) is 23.2 Å². The number of nitrogens with two attached hydrogens (primary N) is 1. The van der Waals surface area contributed by atoms with Crippen LogP contribution in [0, 0.1) is 6.92 Å². The Balaban J connectivity index is 2.11. The van der Waals surface area contributed by atoms with Crippen LogP contribution in [0.3, 0.4) is 0 Å². The monoisotopic (exact) mass is 219 g/mol. The minimum atomic E-state index is -0.0528. The van der Waals surface area contributed by atoms with Crippen LogP contribution in [0.25, 0.3) is 0 Å². The second-order valence-electron chi connectivity index (χ2n) is 3.92. The van der Waals surface area contributed by atoms with E-state index in [4.69, 9.17) is 10.5 Å². The minimum Gasteiger partial charge on any atom is -0.482 e. The van der Waals surface area contributed by atoms with Crippen molar-refractivity contribution in [1.29, 1.82) is 0 Å². The van der Waals surface area contributed by atoms with Gasteiger partial charge in [0.2, 0.25) is 0 Å². The van der Waals surface area contributed by atoms with Crippen molar-refractivity contribution in [2.75, 3.05) is 18.8 Å². The normalized spacial score (nSPS) is 16.5. The van der Waals surface area contributed by atoms with E-state index in [-0.39, 0.29) is 6.10 Å². The van der Waals surface area contributed by atoms with Crippen molar-refractivity contribution < 1.29 is 4.74 Å². The highest BCUT2D eigenvalue weighted by Gasteiger charge is 2.16. The summed E-state index contributed by atoms with van der Waals surface area (Å²) in [5.41, 5.74) is 7.56. The first-order valence-corrected chi connectivity index (χ1v) is 5.48. The Morgan fingerprint density at radius 1 is 1.50 bits per heavy atom. The van der Waals surface area contributed by atoms with Gasteiger partial charge in [-0.1, -0.05) is 6.07 Å². The second-order valence-corrected chi connectivity index (χ2v) is 3.92. The number of rotatable bonds is 3. The maximum absolute atomic E-state index is 5.84. The van der Waals surface area contributed by atoms with Crippen molar-refractivity contribution >= 4 is 11.5 Å². The van der Waals surface area contributed by atoms with Crippen molar-refractivity contribution in [3.05, 3.63) is 23.8 Å². The molecule has 0 aromatic heterocycles. The molecule has 0 bridgehead atoms. The highest BCUT2D eigenvalue weighted by molar-refractivity contribution is 5.87. The van der Waals surface area contributed by atoms with Gasteiger partial charge in [-0.25, -0.2) is 0 Å². The number of nitrogens with one attached hydrogen (secondary N) is 1. The van der Waals surface area contributed by atoms with Gasteiger partial charge in [0.1, 0.15) is 11.6 Å². The maximum Gasteiger partial charge on any atom is 0.152 e. The minimum absolute atomic E-state index is 0.0528. The number of hydrogen-bond acceptors (Lipinski definition) is 4. The van der Waals surface area contributed by atoms with Crippen molar-refractivity contribution in [3.63, 3.8) is 0 Å². The summed E-state index contributed by atoms with van der Waals surface area (Å²) in [6.45, 7) is 5.68. The molecule has 86 valence electrons. The smallest absolute Gasteiger partial charge is 0.152 e. The highest BCUT2D eigenvalue weighted by atomic mass is 16.5. The molecule has 4 heteroatoms. The van der Waals surface area contributed by atoms with Crippen LogP contribution in [0.2, 0.25) is 0 Å². The molecule has 0 aliphatic carbocycles. The predicted molar refractivity (Wildman–Crippen MR) is 66.0 cm³/mol. The Labute approximate surface area is 95.5 Å². The molecule has 1 heterocycles. The Hall–Kier alpha value is -1.71. The van der Waals surface area contributed by atoms with E-state index in [1.807, 2.05) is 32.0 Å². The first-order valence-electron chi connectivity index (χ1n) is 5.48. The molecule has 4 nitrogen and oxygen atoms in total. The zero-order chi connectivity index (χ0) is 11.5. The molecule has 1 unspecified atom stereocenters. The van der Waals surface area contributed by atoms with Crippen LogP contribution in [-0.2, 0) is 0 Å². The first-order chi connectivity index (χ1) is 7.68. The molecule has 0 amide bonds. The SMILES string of the molecule is Cc1c(N)cccc1OC(C)C1=NCCN1. The lowest BCUT2D eigenvalue weighted by molar-refractivity contribution is 0.282. The van der Waals surface area contributed by atoms with Crippen molar-refractivity contribution in [1.82, 2.24) is 5.32 Å². The molecule has 0 radical (unpaired) electrons. The number of ether oxygens (including phenoxy) is 1. The standard InChI is InChI=1S/C12H17N3O/c1-8-10(13)4-3-5-11(8)16-9(2)12-14-6-7-15-12/h3-5,9H,6-7,13H2,1-2H3,(H,14,15). The van der Waals surface area contributed by atoms with Gasteiger partial charge in [0.15, 0.2) is 6.10 Å². The Bertz CT molecular complexity index is 415. The number of anilines is 1. The molecule has 1 atom stereocenters.